The molecule has 0 saturated carbocycles. The molecule has 2 aromatic rings. The van der Waals surface area contributed by atoms with Crippen LogP contribution in [0.15, 0.2) is 42.5 Å². The standard InChI is InChI=1S/C15H15NO5/c1-2-20-14-5-3-4-6-15(14)21-12-7-8-13(16(18)19)11(9-12)10-17/h3-9,17H,2,10H2,1H3. The molecule has 2 rings (SSSR count). The van der Waals surface area contributed by atoms with Crippen molar-refractivity contribution in [3.63, 3.8) is 0 Å². The first kappa shape index (κ1) is 14.8. The van der Waals surface area contributed by atoms with Crippen molar-refractivity contribution in [1.82, 2.24) is 0 Å². The van der Waals surface area contributed by atoms with Crippen molar-refractivity contribution >= 4 is 5.69 Å². The van der Waals surface area contributed by atoms with Gasteiger partial charge in [0.05, 0.1) is 23.7 Å². The van der Waals surface area contributed by atoms with Crippen molar-refractivity contribution in [1.29, 1.82) is 0 Å². The van der Waals surface area contributed by atoms with E-state index in [0.29, 0.717) is 23.9 Å². The monoisotopic (exact) mass is 289 g/mol. The fourth-order valence-electron chi connectivity index (χ4n) is 1.87. The average Bonchev–Trinajstić information content (AvgIpc) is 2.49. The maximum Gasteiger partial charge on any atom is 0.275 e. The van der Waals surface area contributed by atoms with E-state index in [2.05, 4.69) is 0 Å². The van der Waals surface area contributed by atoms with Crippen LogP contribution in [0.2, 0.25) is 0 Å². The summed E-state index contributed by atoms with van der Waals surface area (Å²) in [5, 5.41) is 20.0. The number of ether oxygens (including phenoxy) is 2. The summed E-state index contributed by atoms with van der Waals surface area (Å²) in [6, 6.07) is 11.4. The summed E-state index contributed by atoms with van der Waals surface area (Å²) in [6.07, 6.45) is 0. The van der Waals surface area contributed by atoms with Crippen LogP contribution in [0.5, 0.6) is 17.2 Å². The molecule has 0 radical (unpaired) electrons. The lowest BCUT2D eigenvalue weighted by Gasteiger charge is -2.11. The molecule has 21 heavy (non-hydrogen) atoms. The first-order valence-electron chi connectivity index (χ1n) is 6.43. The van der Waals surface area contributed by atoms with E-state index < -0.39 is 11.5 Å². The highest BCUT2D eigenvalue weighted by Crippen LogP contribution is 2.33. The van der Waals surface area contributed by atoms with Crippen LogP contribution < -0.4 is 9.47 Å². The van der Waals surface area contributed by atoms with Crippen molar-refractivity contribution in [3.8, 4) is 17.2 Å². The zero-order chi connectivity index (χ0) is 15.2. The molecule has 0 saturated heterocycles. The van der Waals surface area contributed by atoms with Crippen molar-refractivity contribution in [3.05, 3.63) is 58.1 Å². The van der Waals surface area contributed by atoms with Gasteiger partial charge in [-0.05, 0) is 31.2 Å². The van der Waals surface area contributed by atoms with Crippen LogP contribution in [-0.2, 0) is 6.61 Å². The molecule has 110 valence electrons. The van der Waals surface area contributed by atoms with E-state index in [-0.39, 0.29) is 11.3 Å². The van der Waals surface area contributed by atoms with Gasteiger partial charge in [-0.1, -0.05) is 12.1 Å². The molecule has 0 aromatic heterocycles. The van der Waals surface area contributed by atoms with Crippen molar-refractivity contribution < 1.29 is 19.5 Å². The smallest absolute Gasteiger partial charge is 0.275 e. The number of nitrogens with zero attached hydrogens (tertiary/aromatic N) is 1. The first-order chi connectivity index (χ1) is 10.2. The fourth-order valence-corrected chi connectivity index (χ4v) is 1.87. The normalized spacial score (nSPS) is 10.2. The zero-order valence-electron chi connectivity index (χ0n) is 11.5. The molecule has 0 aliphatic rings. The van der Waals surface area contributed by atoms with Gasteiger partial charge in [0, 0.05) is 6.07 Å². The Morgan fingerprint density at radius 1 is 1.19 bits per heavy atom. The number of benzene rings is 2. The zero-order valence-corrected chi connectivity index (χ0v) is 11.5. The van der Waals surface area contributed by atoms with Gasteiger partial charge in [-0.2, -0.15) is 0 Å². The van der Waals surface area contributed by atoms with E-state index in [9.17, 15) is 15.2 Å². The second kappa shape index (κ2) is 6.71. The summed E-state index contributed by atoms with van der Waals surface area (Å²) >= 11 is 0. The predicted octanol–water partition coefficient (Wildman–Crippen LogP) is 3.28. The van der Waals surface area contributed by atoms with Gasteiger partial charge in [-0.25, -0.2) is 0 Å². The molecule has 6 nitrogen and oxygen atoms in total. The molecule has 1 N–H and O–H groups in total. The van der Waals surface area contributed by atoms with Crippen LogP contribution in [0.4, 0.5) is 5.69 Å². The molecule has 0 aliphatic heterocycles. The Morgan fingerprint density at radius 2 is 1.90 bits per heavy atom. The minimum Gasteiger partial charge on any atom is -0.490 e. The molecule has 0 unspecified atom stereocenters. The van der Waals surface area contributed by atoms with Gasteiger partial charge in [0.25, 0.3) is 5.69 Å². The number of aliphatic hydroxyl groups is 1. The third-order valence-electron chi connectivity index (χ3n) is 2.79. The summed E-state index contributed by atoms with van der Waals surface area (Å²) in [7, 11) is 0. The van der Waals surface area contributed by atoms with Gasteiger partial charge in [0.2, 0.25) is 0 Å². The highest BCUT2D eigenvalue weighted by molar-refractivity contribution is 5.48. The molecule has 2 aromatic carbocycles. The maximum atomic E-state index is 10.8. The maximum absolute atomic E-state index is 10.8. The number of hydrogen-bond acceptors (Lipinski definition) is 5. The summed E-state index contributed by atoms with van der Waals surface area (Å²) in [6.45, 7) is 1.94. The van der Waals surface area contributed by atoms with E-state index in [1.807, 2.05) is 13.0 Å². The minimum absolute atomic E-state index is 0.136. The molecule has 0 spiro atoms. The summed E-state index contributed by atoms with van der Waals surface area (Å²) in [5.41, 5.74) is 0.0642. The summed E-state index contributed by atoms with van der Waals surface area (Å²) in [5.74, 6) is 1.50. The molecule has 0 amide bonds. The Labute approximate surface area is 121 Å². The lowest BCUT2D eigenvalue weighted by Crippen LogP contribution is -1.97. The van der Waals surface area contributed by atoms with Crippen LogP contribution in [0.25, 0.3) is 0 Å². The average molecular weight is 289 g/mol. The number of rotatable bonds is 6. The summed E-state index contributed by atoms with van der Waals surface area (Å²) in [4.78, 5) is 10.3. The fraction of sp³-hybridized carbons (Fsp3) is 0.200. The Hall–Kier alpha value is -2.60. The van der Waals surface area contributed by atoms with E-state index in [4.69, 9.17) is 9.47 Å². The molecule has 6 heteroatoms. The van der Waals surface area contributed by atoms with Gasteiger partial charge in [0.1, 0.15) is 5.75 Å². The Kier molecular flexibility index (Phi) is 4.73. The first-order valence-corrected chi connectivity index (χ1v) is 6.43. The topological polar surface area (TPSA) is 81.8 Å². The van der Waals surface area contributed by atoms with E-state index >= 15 is 0 Å². The predicted molar refractivity (Wildman–Crippen MR) is 76.7 cm³/mol. The quantitative estimate of drug-likeness (QED) is 0.652. The highest BCUT2D eigenvalue weighted by atomic mass is 16.6. The van der Waals surface area contributed by atoms with Crippen molar-refractivity contribution in [2.45, 2.75) is 13.5 Å². The molecule has 0 heterocycles. The Balaban J connectivity index is 2.30. The molecular weight excluding hydrogens is 274 g/mol. The number of nitro groups is 1. The number of para-hydroxylation sites is 2. The Morgan fingerprint density at radius 3 is 2.52 bits per heavy atom. The van der Waals surface area contributed by atoms with Crippen LogP contribution in [0, 0.1) is 10.1 Å². The van der Waals surface area contributed by atoms with Gasteiger partial charge in [-0.15, -0.1) is 0 Å². The number of hydrogen-bond donors (Lipinski definition) is 1. The largest absolute Gasteiger partial charge is 0.490 e. The van der Waals surface area contributed by atoms with Gasteiger partial charge in [0.15, 0.2) is 11.5 Å². The SMILES string of the molecule is CCOc1ccccc1Oc1ccc([N+](=O)[O-])c(CO)c1. The third kappa shape index (κ3) is 3.49. The lowest BCUT2D eigenvalue weighted by molar-refractivity contribution is -0.385. The number of aliphatic hydroxyl groups excluding tert-OH is 1. The second-order valence-electron chi connectivity index (χ2n) is 4.19. The van der Waals surface area contributed by atoms with E-state index in [1.54, 1.807) is 18.2 Å². The summed E-state index contributed by atoms with van der Waals surface area (Å²) < 4.78 is 11.1. The molecular formula is C15H15NO5. The van der Waals surface area contributed by atoms with E-state index in [1.165, 1.54) is 18.2 Å². The van der Waals surface area contributed by atoms with Crippen LogP contribution >= 0.6 is 0 Å². The second-order valence-corrected chi connectivity index (χ2v) is 4.19. The van der Waals surface area contributed by atoms with Crippen molar-refractivity contribution in [2.75, 3.05) is 6.61 Å². The highest BCUT2D eigenvalue weighted by Gasteiger charge is 2.14. The molecule has 0 aliphatic carbocycles. The van der Waals surface area contributed by atoms with Gasteiger partial charge >= 0.3 is 0 Å². The van der Waals surface area contributed by atoms with Gasteiger partial charge in [-0.3, -0.25) is 10.1 Å². The van der Waals surface area contributed by atoms with Crippen LogP contribution in [0.3, 0.4) is 0 Å². The molecule has 0 atom stereocenters. The molecule has 0 bridgehead atoms. The van der Waals surface area contributed by atoms with Crippen LogP contribution in [-0.4, -0.2) is 16.6 Å². The molecule has 0 fully saturated rings. The minimum atomic E-state index is -0.538. The number of nitro benzene ring substituents is 1. The Bertz CT molecular complexity index is 642. The third-order valence-corrected chi connectivity index (χ3v) is 2.79. The van der Waals surface area contributed by atoms with Gasteiger partial charge < -0.3 is 14.6 Å². The van der Waals surface area contributed by atoms with Crippen LogP contribution in [0.1, 0.15) is 12.5 Å². The van der Waals surface area contributed by atoms with Crippen molar-refractivity contribution in [2.24, 2.45) is 0 Å². The van der Waals surface area contributed by atoms with E-state index in [0.717, 1.165) is 0 Å². The lowest BCUT2D eigenvalue weighted by atomic mass is 10.2.